The lowest BCUT2D eigenvalue weighted by molar-refractivity contribution is 1.24. The van der Waals surface area contributed by atoms with Gasteiger partial charge in [-0.3, -0.25) is 4.99 Å². The highest BCUT2D eigenvalue weighted by Crippen LogP contribution is 2.26. The molecular weight excluding hydrogens is 162 g/mol. The molecule has 0 aliphatic carbocycles. The summed E-state index contributed by atoms with van der Waals surface area (Å²) in [6.07, 6.45) is 5.56. The summed E-state index contributed by atoms with van der Waals surface area (Å²) in [5, 5.41) is 1.21. The van der Waals surface area contributed by atoms with Crippen LogP contribution in [0.25, 0.3) is 0 Å². The van der Waals surface area contributed by atoms with Crippen molar-refractivity contribution < 1.29 is 0 Å². The van der Waals surface area contributed by atoms with Gasteiger partial charge in [0.05, 0.1) is 0 Å². The normalized spacial score (nSPS) is 23.0. The van der Waals surface area contributed by atoms with Crippen LogP contribution in [0.15, 0.2) is 16.0 Å². The first kappa shape index (κ1) is 8.21. The minimum absolute atomic E-state index is 1.19. The fourth-order valence-electron chi connectivity index (χ4n) is 0.849. The molecule has 1 aliphatic heterocycles. The zero-order valence-electron chi connectivity index (χ0n) is 6.26. The van der Waals surface area contributed by atoms with Crippen LogP contribution in [0.4, 0.5) is 0 Å². The molecule has 1 rings (SSSR count). The van der Waals surface area contributed by atoms with Gasteiger partial charge in [-0.25, -0.2) is 0 Å². The SMILES string of the molecule is CN=C1SCCC=C1SC. The molecule has 0 atom stereocenters. The van der Waals surface area contributed by atoms with Crippen LogP contribution in [0.5, 0.6) is 0 Å². The molecule has 0 aromatic rings. The second-order valence-corrected chi connectivity index (χ2v) is 3.87. The van der Waals surface area contributed by atoms with Crippen molar-refractivity contribution in [3.05, 3.63) is 11.0 Å². The van der Waals surface area contributed by atoms with E-state index < -0.39 is 0 Å². The lowest BCUT2D eigenvalue weighted by Crippen LogP contribution is -2.01. The van der Waals surface area contributed by atoms with Gasteiger partial charge in [0.1, 0.15) is 5.04 Å². The molecule has 0 amide bonds. The van der Waals surface area contributed by atoms with E-state index in [1.807, 2.05) is 18.8 Å². The molecule has 0 saturated carbocycles. The van der Waals surface area contributed by atoms with Crippen LogP contribution < -0.4 is 0 Å². The average Bonchev–Trinajstić information content (AvgIpc) is 2.04. The Morgan fingerprint density at radius 2 is 2.50 bits per heavy atom. The summed E-state index contributed by atoms with van der Waals surface area (Å²) in [5.41, 5.74) is 0. The summed E-state index contributed by atoms with van der Waals surface area (Å²) in [5.74, 6) is 1.19. The molecule has 10 heavy (non-hydrogen) atoms. The Bertz CT molecular complexity index is 172. The minimum atomic E-state index is 1.19. The van der Waals surface area contributed by atoms with Gasteiger partial charge in [0.25, 0.3) is 0 Å². The van der Waals surface area contributed by atoms with Crippen molar-refractivity contribution in [1.29, 1.82) is 0 Å². The maximum atomic E-state index is 4.19. The molecule has 0 fully saturated rings. The summed E-state index contributed by atoms with van der Waals surface area (Å²) in [6, 6.07) is 0. The highest BCUT2D eigenvalue weighted by Gasteiger charge is 2.09. The maximum Gasteiger partial charge on any atom is 0.103 e. The van der Waals surface area contributed by atoms with E-state index in [4.69, 9.17) is 0 Å². The lowest BCUT2D eigenvalue weighted by Gasteiger charge is -2.11. The van der Waals surface area contributed by atoms with Crippen LogP contribution in [-0.2, 0) is 0 Å². The van der Waals surface area contributed by atoms with Gasteiger partial charge >= 0.3 is 0 Å². The first-order chi connectivity index (χ1) is 4.88. The van der Waals surface area contributed by atoms with E-state index >= 15 is 0 Å². The molecule has 56 valence electrons. The Balaban J connectivity index is 2.72. The molecule has 1 nitrogen and oxygen atoms in total. The lowest BCUT2D eigenvalue weighted by atomic mass is 10.4. The third-order valence-electron chi connectivity index (χ3n) is 1.32. The summed E-state index contributed by atoms with van der Waals surface area (Å²) in [6.45, 7) is 0. The monoisotopic (exact) mass is 173 g/mol. The van der Waals surface area contributed by atoms with Crippen LogP contribution in [0.1, 0.15) is 6.42 Å². The minimum Gasteiger partial charge on any atom is -0.281 e. The molecule has 0 radical (unpaired) electrons. The zero-order chi connectivity index (χ0) is 7.40. The predicted molar refractivity (Wildman–Crippen MR) is 52.0 cm³/mol. The standard InChI is InChI=1S/C7H11NS2/c1-8-7-6(9-2)4-3-5-10-7/h4H,3,5H2,1-2H3. The Hall–Kier alpha value is 0.110. The van der Waals surface area contributed by atoms with E-state index in [-0.39, 0.29) is 0 Å². The van der Waals surface area contributed by atoms with Gasteiger partial charge in [-0.1, -0.05) is 6.08 Å². The molecule has 1 aliphatic rings. The number of rotatable bonds is 1. The van der Waals surface area contributed by atoms with Crippen LogP contribution in [0, 0.1) is 0 Å². The Morgan fingerprint density at radius 3 is 3.00 bits per heavy atom. The zero-order valence-corrected chi connectivity index (χ0v) is 7.89. The van der Waals surface area contributed by atoms with Crippen LogP contribution in [-0.4, -0.2) is 24.1 Å². The Morgan fingerprint density at radius 1 is 1.70 bits per heavy atom. The van der Waals surface area contributed by atoms with E-state index in [1.165, 1.54) is 22.1 Å². The number of allylic oxidation sites excluding steroid dienone is 1. The Kier molecular flexibility index (Phi) is 3.35. The van der Waals surface area contributed by atoms with Crippen LogP contribution in [0.3, 0.4) is 0 Å². The van der Waals surface area contributed by atoms with Crippen molar-refractivity contribution in [2.24, 2.45) is 4.99 Å². The fourth-order valence-corrected chi connectivity index (χ4v) is 2.61. The summed E-state index contributed by atoms with van der Waals surface area (Å²) in [4.78, 5) is 5.54. The fraction of sp³-hybridized carbons (Fsp3) is 0.571. The van der Waals surface area contributed by atoms with E-state index in [0.29, 0.717) is 0 Å². The number of thioether (sulfide) groups is 2. The number of hydrogen-bond donors (Lipinski definition) is 0. The van der Waals surface area contributed by atoms with Crippen molar-refractivity contribution >= 4 is 28.6 Å². The third-order valence-corrected chi connectivity index (χ3v) is 3.36. The second kappa shape index (κ2) is 4.09. The summed E-state index contributed by atoms with van der Waals surface area (Å²) in [7, 11) is 1.86. The number of nitrogens with zero attached hydrogens (tertiary/aromatic N) is 1. The summed E-state index contributed by atoms with van der Waals surface area (Å²) < 4.78 is 0. The molecule has 0 aromatic heterocycles. The second-order valence-electron chi connectivity index (χ2n) is 1.94. The number of aliphatic imine (C=N–C) groups is 1. The van der Waals surface area contributed by atoms with Gasteiger partial charge in [-0.05, 0) is 12.7 Å². The van der Waals surface area contributed by atoms with E-state index in [9.17, 15) is 0 Å². The van der Waals surface area contributed by atoms with Crippen LogP contribution >= 0.6 is 23.5 Å². The van der Waals surface area contributed by atoms with Crippen molar-refractivity contribution in [2.45, 2.75) is 6.42 Å². The molecule has 0 spiro atoms. The smallest absolute Gasteiger partial charge is 0.103 e. The highest BCUT2D eigenvalue weighted by molar-refractivity contribution is 8.17. The van der Waals surface area contributed by atoms with E-state index in [1.54, 1.807) is 11.8 Å². The molecule has 0 unspecified atom stereocenters. The highest BCUT2D eigenvalue weighted by atomic mass is 32.2. The van der Waals surface area contributed by atoms with E-state index in [2.05, 4.69) is 17.3 Å². The predicted octanol–water partition coefficient (Wildman–Crippen LogP) is 2.40. The largest absolute Gasteiger partial charge is 0.281 e. The van der Waals surface area contributed by atoms with Gasteiger partial charge in [-0.15, -0.1) is 23.5 Å². The topological polar surface area (TPSA) is 12.4 Å². The average molecular weight is 173 g/mol. The van der Waals surface area contributed by atoms with Crippen molar-refractivity contribution in [3.63, 3.8) is 0 Å². The number of hydrogen-bond acceptors (Lipinski definition) is 3. The van der Waals surface area contributed by atoms with Gasteiger partial charge < -0.3 is 0 Å². The van der Waals surface area contributed by atoms with Crippen molar-refractivity contribution in [2.75, 3.05) is 19.1 Å². The molecule has 0 aromatic carbocycles. The molecule has 0 N–H and O–H groups in total. The third kappa shape index (κ3) is 1.80. The maximum absolute atomic E-state index is 4.19. The molecule has 0 saturated heterocycles. The van der Waals surface area contributed by atoms with Gasteiger partial charge in [0, 0.05) is 17.7 Å². The first-order valence-electron chi connectivity index (χ1n) is 3.22. The van der Waals surface area contributed by atoms with Gasteiger partial charge in [0.15, 0.2) is 0 Å². The van der Waals surface area contributed by atoms with E-state index in [0.717, 1.165) is 0 Å². The molecule has 3 heteroatoms. The van der Waals surface area contributed by atoms with Crippen LogP contribution in [0.2, 0.25) is 0 Å². The Labute approximate surface area is 70.4 Å². The quantitative estimate of drug-likeness (QED) is 0.603. The van der Waals surface area contributed by atoms with Gasteiger partial charge in [-0.2, -0.15) is 0 Å². The van der Waals surface area contributed by atoms with Crippen molar-refractivity contribution in [1.82, 2.24) is 0 Å². The molecule has 1 heterocycles. The summed E-state index contributed by atoms with van der Waals surface area (Å²) >= 11 is 3.64. The first-order valence-corrected chi connectivity index (χ1v) is 5.43. The van der Waals surface area contributed by atoms with Gasteiger partial charge in [0.2, 0.25) is 0 Å². The molecule has 0 bridgehead atoms. The molecular formula is C7H11NS2. The van der Waals surface area contributed by atoms with Crippen molar-refractivity contribution in [3.8, 4) is 0 Å².